The fourth-order valence-electron chi connectivity index (χ4n) is 5.86. The van der Waals surface area contributed by atoms with E-state index in [1.165, 1.54) is 0 Å². The highest BCUT2D eigenvalue weighted by Crippen LogP contribution is 2.49. The Bertz CT molecular complexity index is 1360. The Labute approximate surface area is 236 Å². The smallest absolute Gasteiger partial charge is 0.411 e. The maximum Gasteiger partial charge on any atom is 0.411 e. The third-order valence-corrected chi connectivity index (χ3v) is 8.15. The molecule has 2 aliphatic rings. The number of rotatable bonds is 9. The molecule has 2 atom stereocenters. The standard InChI is InChI=1S/C33H38N2O5/c1-5-39-29(36)32(16-17-32)28-21-26(15-19-34-28)25-13-11-24(12-14-25)23(2)35-20-18-33(40-30(35)37,22-31(3,4)38)27-9-7-6-8-10-27/h6-15,19,21,23,38H,5,16-18,20,22H2,1-4H3/t23-,33-/m0/s1. The molecular formula is C33H38N2O5. The fourth-order valence-corrected chi connectivity index (χ4v) is 5.86. The molecule has 1 saturated heterocycles. The van der Waals surface area contributed by atoms with Crippen LogP contribution in [0.3, 0.4) is 0 Å². The number of aliphatic hydroxyl groups is 1. The Morgan fingerprint density at radius 3 is 2.38 bits per heavy atom. The largest absolute Gasteiger partial charge is 0.465 e. The van der Waals surface area contributed by atoms with E-state index in [2.05, 4.69) is 4.98 Å². The first-order valence-corrected chi connectivity index (χ1v) is 14.1. The number of amides is 1. The fraction of sp³-hybridized carbons (Fsp3) is 0.424. The van der Waals surface area contributed by atoms with Crippen LogP contribution < -0.4 is 0 Å². The van der Waals surface area contributed by atoms with Gasteiger partial charge in [-0.05, 0) is 74.9 Å². The van der Waals surface area contributed by atoms with Gasteiger partial charge in [0.25, 0.3) is 0 Å². The van der Waals surface area contributed by atoms with Crippen LogP contribution in [0.25, 0.3) is 11.1 Å². The summed E-state index contributed by atoms with van der Waals surface area (Å²) in [5, 5.41) is 10.6. The van der Waals surface area contributed by atoms with Crippen molar-refractivity contribution in [3.05, 3.63) is 89.7 Å². The third kappa shape index (κ3) is 5.48. The normalized spacial score (nSPS) is 20.9. The van der Waals surface area contributed by atoms with Crippen LogP contribution in [0.4, 0.5) is 4.79 Å². The average Bonchev–Trinajstić information content (AvgIpc) is 3.75. The Morgan fingerprint density at radius 2 is 1.77 bits per heavy atom. The molecule has 7 nitrogen and oxygen atoms in total. The van der Waals surface area contributed by atoms with E-state index in [1.54, 1.807) is 24.9 Å². The number of cyclic esters (lactones) is 1. The van der Waals surface area contributed by atoms with E-state index >= 15 is 0 Å². The highest BCUT2D eigenvalue weighted by atomic mass is 16.6. The van der Waals surface area contributed by atoms with Crippen LogP contribution in [-0.4, -0.2) is 45.8 Å². The highest BCUT2D eigenvalue weighted by Gasteiger charge is 2.54. The van der Waals surface area contributed by atoms with Gasteiger partial charge >= 0.3 is 12.1 Å². The van der Waals surface area contributed by atoms with Crippen molar-refractivity contribution in [3.8, 4) is 11.1 Å². The zero-order valence-electron chi connectivity index (χ0n) is 23.7. The molecule has 1 aliphatic carbocycles. The number of carbonyl (C=O) groups excluding carboxylic acids is 2. The maximum absolute atomic E-state index is 13.4. The van der Waals surface area contributed by atoms with Crippen molar-refractivity contribution in [3.63, 3.8) is 0 Å². The van der Waals surface area contributed by atoms with Crippen LogP contribution in [0.1, 0.15) is 76.2 Å². The van der Waals surface area contributed by atoms with Gasteiger partial charge in [-0.15, -0.1) is 0 Å². The molecule has 210 valence electrons. The topological polar surface area (TPSA) is 89.0 Å². The number of esters is 1. The van der Waals surface area contributed by atoms with E-state index in [1.807, 2.05) is 80.6 Å². The lowest BCUT2D eigenvalue weighted by Gasteiger charge is -2.45. The van der Waals surface area contributed by atoms with Crippen molar-refractivity contribution < 1.29 is 24.2 Å². The van der Waals surface area contributed by atoms with E-state index in [0.717, 1.165) is 40.8 Å². The lowest BCUT2D eigenvalue weighted by atomic mass is 9.80. The number of aromatic nitrogens is 1. The second-order valence-corrected chi connectivity index (χ2v) is 11.7. The minimum atomic E-state index is -0.998. The second-order valence-electron chi connectivity index (χ2n) is 11.7. The number of benzene rings is 2. The Morgan fingerprint density at radius 1 is 1.07 bits per heavy atom. The van der Waals surface area contributed by atoms with Crippen molar-refractivity contribution >= 4 is 12.1 Å². The number of hydrogen-bond donors (Lipinski definition) is 1. The first kappa shape index (κ1) is 27.8. The van der Waals surface area contributed by atoms with E-state index in [0.29, 0.717) is 26.0 Å². The number of pyridine rings is 1. The summed E-state index contributed by atoms with van der Waals surface area (Å²) in [7, 11) is 0. The molecule has 3 aromatic rings. The van der Waals surface area contributed by atoms with Gasteiger partial charge in [-0.2, -0.15) is 0 Å². The molecule has 0 radical (unpaired) electrons. The van der Waals surface area contributed by atoms with Crippen molar-refractivity contribution in [1.29, 1.82) is 0 Å². The zero-order chi connectivity index (χ0) is 28.5. The summed E-state index contributed by atoms with van der Waals surface area (Å²) < 4.78 is 11.5. The van der Waals surface area contributed by atoms with Gasteiger partial charge in [0.15, 0.2) is 0 Å². The summed E-state index contributed by atoms with van der Waals surface area (Å²) in [6, 6.07) is 21.6. The summed E-state index contributed by atoms with van der Waals surface area (Å²) >= 11 is 0. The lowest BCUT2D eigenvalue weighted by molar-refractivity contribution is -0.146. The summed E-state index contributed by atoms with van der Waals surface area (Å²) in [5.74, 6) is -0.198. The van der Waals surface area contributed by atoms with Gasteiger partial charge in [-0.25, -0.2) is 4.79 Å². The summed E-state index contributed by atoms with van der Waals surface area (Å²) in [6.07, 6.45) is 3.77. The van der Waals surface area contributed by atoms with Gasteiger partial charge in [-0.1, -0.05) is 54.6 Å². The molecule has 1 saturated carbocycles. The van der Waals surface area contributed by atoms with Gasteiger partial charge in [0.1, 0.15) is 11.0 Å². The van der Waals surface area contributed by atoms with Gasteiger partial charge in [-0.3, -0.25) is 9.78 Å². The van der Waals surface area contributed by atoms with E-state index in [-0.39, 0.29) is 18.1 Å². The minimum Gasteiger partial charge on any atom is -0.465 e. The Balaban J connectivity index is 1.32. The van der Waals surface area contributed by atoms with Crippen molar-refractivity contribution in [2.24, 2.45) is 0 Å². The second kappa shape index (κ2) is 10.7. The molecule has 1 aromatic heterocycles. The van der Waals surface area contributed by atoms with Crippen LogP contribution >= 0.6 is 0 Å². The molecule has 2 fully saturated rings. The molecule has 5 rings (SSSR count). The van der Waals surface area contributed by atoms with Gasteiger partial charge in [0.05, 0.1) is 23.9 Å². The Hall–Kier alpha value is -3.71. The van der Waals surface area contributed by atoms with Crippen molar-refractivity contribution in [2.45, 2.75) is 76.0 Å². The molecule has 2 heterocycles. The first-order valence-electron chi connectivity index (χ1n) is 14.1. The number of nitrogens with zero attached hydrogens (tertiary/aromatic N) is 2. The zero-order valence-corrected chi connectivity index (χ0v) is 23.7. The van der Waals surface area contributed by atoms with Crippen molar-refractivity contribution in [1.82, 2.24) is 9.88 Å². The number of hydrogen-bond acceptors (Lipinski definition) is 6. The van der Waals surface area contributed by atoms with Gasteiger partial charge < -0.3 is 19.5 Å². The predicted octanol–water partition coefficient (Wildman–Crippen LogP) is 6.30. The van der Waals surface area contributed by atoms with Crippen molar-refractivity contribution in [2.75, 3.05) is 13.2 Å². The molecule has 1 aliphatic heterocycles. The summed E-state index contributed by atoms with van der Waals surface area (Å²) in [4.78, 5) is 32.2. The quantitative estimate of drug-likeness (QED) is 0.319. The number of carbonyl (C=O) groups is 2. The average molecular weight is 543 g/mol. The molecule has 0 unspecified atom stereocenters. The van der Waals surface area contributed by atoms with Gasteiger partial charge in [0.2, 0.25) is 0 Å². The lowest BCUT2D eigenvalue weighted by Crippen LogP contribution is -2.51. The monoisotopic (exact) mass is 542 g/mol. The Kier molecular flexibility index (Phi) is 7.44. The predicted molar refractivity (Wildman–Crippen MR) is 152 cm³/mol. The molecule has 40 heavy (non-hydrogen) atoms. The van der Waals surface area contributed by atoms with Gasteiger partial charge in [0, 0.05) is 25.6 Å². The third-order valence-electron chi connectivity index (χ3n) is 8.15. The SMILES string of the molecule is CCOC(=O)C1(c2cc(-c3ccc([C@H](C)N4CC[C@](CC(C)(C)O)(c5ccccc5)OC4=O)cc3)ccn2)CC1. The molecule has 7 heteroatoms. The maximum atomic E-state index is 13.4. The summed E-state index contributed by atoms with van der Waals surface area (Å²) in [6.45, 7) is 8.18. The molecular weight excluding hydrogens is 504 g/mol. The van der Waals surface area contributed by atoms with Crippen LogP contribution in [-0.2, 0) is 25.3 Å². The van der Waals surface area contributed by atoms with E-state index < -0.39 is 16.6 Å². The highest BCUT2D eigenvalue weighted by molar-refractivity contribution is 5.86. The molecule has 2 aromatic carbocycles. The number of ether oxygens (including phenoxy) is 2. The molecule has 1 amide bonds. The van der Waals surface area contributed by atoms with Crippen LogP contribution in [0, 0.1) is 0 Å². The minimum absolute atomic E-state index is 0.191. The molecule has 1 N–H and O–H groups in total. The summed E-state index contributed by atoms with van der Waals surface area (Å²) in [5.41, 5.74) is 2.15. The van der Waals surface area contributed by atoms with Crippen LogP contribution in [0.15, 0.2) is 72.9 Å². The first-order chi connectivity index (χ1) is 19.1. The van der Waals surface area contributed by atoms with E-state index in [4.69, 9.17) is 9.47 Å². The van der Waals surface area contributed by atoms with Crippen LogP contribution in [0.5, 0.6) is 0 Å². The molecule has 0 bridgehead atoms. The van der Waals surface area contributed by atoms with Crippen LogP contribution in [0.2, 0.25) is 0 Å². The van der Waals surface area contributed by atoms with E-state index in [9.17, 15) is 14.7 Å². The molecule has 0 spiro atoms.